The highest BCUT2D eigenvalue weighted by molar-refractivity contribution is 4.51. The lowest BCUT2D eigenvalue weighted by atomic mass is 10.1. The minimum atomic E-state index is 0.344. The van der Waals surface area contributed by atoms with Crippen LogP contribution in [0.15, 0.2) is 0 Å². The van der Waals surface area contributed by atoms with E-state index in [1.165, 1.54) is 38.5 Å². The van der Waals surface area contributed by atoms with Crippen molar-refractivity contribution >= 4 is 0 Å². The average molecular weight is 171 g/mol. The molecule has 0 rings (SSSR count). The molecule has 12 heavy (non-hydrogen) atoms. The van der Waals surface area contributed by atoms with Gasteiger partial charge in [-0.3, -0.25) is 0 Å². The molecule has 1 nitrogen and oxygen atoms in total. The molecule has 0 aliphatic heterocycles. The van der Waals surface area contributed by atoms with Crippen LogP contribution in [0, 0.1) is 7.11 Å². The smallest absolute Gasteiger partial charge is 0.0704 e. The summed E-state index contributed by atoms with van der Waals surface area (Å²) in [6.07, 6.45) is 9.66. The Morgan fingerprint density at radius 3 is 2.25 bits per heavy atom. The molecule has 0 amide bonds. The molecule has 0 bridgehead atoms. The average Bonchev–Trinajstić information content (AvgIpc) is 2.10. The molecule has 0 N–H and O–H groups in total. The molecular formula is C11H23O. The Morgan fingerprint density at radius 1 is 1.08 bits per heavy atom. The van der Waals surface area contributed by atoms with E-state index >= 15 is 0 Å². The predicted octanol–water partition coefficient (Wildman–Crippen LogP) is 3.93. The van der Waals surface area contributed by atoms with Gasteiger partial charge in [0.2, 0.25) is 0 Å². The van der Waals surface area contributed by atoms with E-state index in [0.717, 1.165) is 6.42 Å². The van der Waals surface area contributed by atoms with Crippen molar-refractivity contribution in [3.8, 4) is 0 Å². The first kappa shape index (κ1) is 12.0. The van der Waals surface area contributed by atoms with Gasteiger partial charge in [0.1, 0.15) is 0 Å². The maximum atomic E-state index is 4.93. The van der Waals surface area contributed by atoms with Crippen molar-refractivity contribution in [2.45, 2.75) is 64.9 Å². The van der Waals surface area contributed by atoms with Gasteiger partial charge in [-0.15, -0.1) is 0 Å². The molecule has 0 saturated carbocycles. The number of ether oxygens (including phenoxy) is 1. The van der Waals surface area contributed by atoms with E-state index in [2.05, 4.69) is 21.0 Å². The first-order chi connectivity index (χ1) is 5.81. The van der Waals surface area contributed by atoms with E-state index in [9.17, 15) is 0 Å². The highest BCUT2D eigenvalue weighted by Crippen LogP contribution is 2.09. The molecule has 0 heterocycles. The number of hydrogen-bond donors (Lipinski definition) is 0. The standard InChI is InChI=1S/C11H23O/c1-4-5-6-7-8-9-10-11(2)12-3/h11H,3-10H2,1-2H3. The maximum absolute atomic E-state index is 4.93. The van der Waals surface area contributed by atoms with E-state index in [0.29, 0.717) is 6.10 Å². The van der Waals surface area contributed by atoms with E-state index in [4.69, 9.17) is 4.74 Å². The second-order valence-corrected chi connectivity index (χ2v) is 3.53. The molecule has 1 radical (unpaired) electrons. The van der Waals surface area contributed by atoms with Crippen molar-refractivity contribution in [3.05, 3.63) is 7.11 Å². The van der Waals surface area contributed by atoms with Gasteiger partial charge in [0.15, 0.2) is 0 Å². The third-order valence-corrected chi connectivity index (χ3v) is 2.25. The summed E-state index contributed by atoms with van der Waals surface area (Å²) in [5, 5.41) is 0. The van der Waals surface area contributed by atoms with Gasteiger partial charge in [-0.05, 0) is 13.3 Å². The second-order valence-electron chi connectivity index (χ2n) is 3.53. The highest BCUT2D eigenvalue weighted by Gasteiger charge is 1.97. The van der Waals surface area contributed by atoms with Gasteiger partial charge < -0.3 is 4.74 Å². The summed E-state index contributed by atoms with van der Waals surface area (Å²) in [6.45, 7) is 4.33. The molecule has 0 aromatic rings. The predicted molar refractivity (Wildman–Crippen MR) is 53.9 cm³/mol. The van der Waals surface area contributed by atoms with Crippen LogP contribution in [-0.4, -0.2) is 6.10 Å². The minimum absolute atomic E-state index is 0.344. The van der Waals surface area contributed by atoms with Crippen LogP contribution in [0.1, 0.15) is 58.8 Å². The Morgan fingerprint density at radius 2 is 1.67 bits per heavy atom. The van der Waals surface area contributed by atoms with Gasteiger partial charge >= 0.3 is 0 Å². The van der Waals surface area contributed by atoms with Gasteiger partial charge in [0, 0.05) is 0 Å². The minimum Gasteiger partial charge on any atom is -0.376 e. The fourth-order valence-corrected chi connectivity index (χ4v) is 1.30. The molecule has 73 valence electrons. The lowest BCUT2D eigenvalue weighted by Gasteiger charge is -2.07. The fourth-order valence-electron chi connectivity index (χ4n) is 1.30. The van der Waals surface area contributed by atoms with Crippen molar-refractivity contribution in [2.75, 3.05) is 0 Å². The summed E-state index contributed by atoms with van der Waals surface area (Å²) in [5.74, 6) is 0. The van der Waals surface area contributed by atoms with Crippen molar-refractivity contribution in [3.63, 3.8) is 0 Å². The number of hydrogen-bond acceptors (Lipinski definition) is 1. The van der Waals surface area contributed by atoms with Crippen LogP contribution in [-0.2, 0) is 4.74 Å². The van der Waals surface area contributed by atoms with Crippen molar-refractivity contribution in [2.24, 2.45) is 0 Å². The van der Waals surface area contributed by atoms with E-state index in [1.54, 1.807) is 0 Å². The van der Waals surface area contributed by atoms with Crippen molar-refractivity contribution in [1.82, 2.24) is 0 Å². The maximum Gasteiger partial charge on any atom is 0.0704 e. The van der Waals surface area contributed by atoms with Crippen molar-refractivity contribution < 1.29 is 4.74 Å². The molecule has 0 saturated heterocycles. The van der Waals surface area contributed by atoms with Crippen LogP contribution in [0.2, 0.25) is 0 Å². The molecule has 1 unspecified atom stereocenters. The molecule has 0 fully saturated rings. The molecule has 1 heteroatoms. The van der Waals surface area contributed by atoms with Crippen LogP contribution < -0.4 is 0 Å². The summed E-state index contributed by atoms with van der Waals surface area (Å²) < 4.78 is 4.93. The lowest BCUT2D eigenvalue weighted by Crippen LogP contribution is -2.02. The van der Waals surface area contributed by atoms with Gasteiger partial charge in [-0.25, -0.2) is 0 Å². The number of unbranched alkanes of at least 4 members (excludes halogenated alkanes) is 5. The molecule has 0 spiro atoms. The molecular weight excluding hydrogens is 148 g/mol. The SMILES string of the molecule is [CH2]OC(C)CCCCCCCC. The summed E-state index contributed by atoms with van der Waals surface area (Å²) in [7, 11) is 3.41. The second kappa shape index (κ2) is 9.05. The molecule has 0 aromatic carbocycles. The van der Waals surface area contributed by atoms with Gasteiger partial charge in [0.05, 0.1) is 13.2 Å². The van der Waals surface area contributed by atoms with E-state index in [1.807, 2.05) is 0 Å². The van der Waals surface area contributed by atoms with Gasteiger partial charge in [0.25, 0.3) is 0 Å². The van der Waals surface area contributed by atoms with Crippen LogP contribution in [0.5, 0.6) is 0 Å². The summed E-state index contributed by atoms with van der Waals surface area (Å²) in [6, 6.07) is 0. The Balaban J connectivity index is 2.90. The third-order valence-electron chi connectivity index (χ3n) is 2.25. The topological polar surface area (TPSA) is 9.23 Å². The van der Waals surface area contributed by atoms with Crippen molar-refractivity contribution in [1.29, 1.82) is 0 Å². The molecule has 0 aliphatic rings. The summed E-state index contributed by atoms with van der Waals surface area (Å²) in [4.78, 5) is 0. The Hall–Kier alpha value is -0.0400. The van der Waals surface area contributed by atoms with Gasteiger partial charge in [-0.2, -0.15) is 0 Å². The first-order valence-electron chi connectivity index (χ1n) is 5.22. The molecule has 0 aromatic heterocycles. The summed E-state index contributed by atoms with van der Waals surface area (Å²) in [5.41, 5.74) is 0. The van der Waals surface area contributed by atoms with E-state index in [-0.39, 0.29) is 0 Å². The van der Waals surface area contributed by atoms with Crippen LogP contribution >= 0.6 is 0 Å². The van der Waals surface area contributed by atoms with Crippen LogP contribution in [0.4, 0.5) is 0 Å². The lowest BCUT2D eigenvalue weighted by molar-refractivity contribution is 0.143. The first-order valence-corrected chi connectivity index (χ1v) is 5.22. The number of rotatable bonds is 8. The summed E-state index contributed by atoms with van der Waals surface area (Å²) >= 11 is 0. The Kier molecular flexibility index (Phi) is 9.02. The zero-order valence-electron chi connectivity index (χ0n) is 8.64. The monoisotopic (exact) mass is 171 g/mol. The zero-order chi connectivity index (χ0) is 9.23. The zero-order valence-corrected chi connectivity index (χ0v) is 8.64. The Bertz CT molecular complexity index is 81.1. The largest absolute Gasteiger partial charge is 0.376 e. The van der Waals surface area contributed by atoms with Gasteiger partial charge in [-0.1, -0.05) is 45.4 Å². The Labute approximate surface area is 77.5 Å². The fraction of sp³-hybridized carbons (Fsp3) is 0.909. The quantitative estimate of drug-likeness (QED) is 0.503. The third kappa shape index (κ3) is 8.06. The van der Waals surface area contributed by atoms with Crippen LogP contribution in [0.3, 0.4) is 0 Å². The van der Waals surface area contributed by atoms with E-state index < -0.39 is 0 Å². The highest BCUT2D eigenvalue weighted by atomic mass is 16.5. The van der Waals surface area contributed by atoms with Crippen LogP contribution in [0.25, 0.3) is 0 Å². The molecule has 1 atom stereocenters. The normalized spacial score (nSPS) is 13.2. The molecule has 0 aliphatic carbocycles.